The Morgan fingerprint density at radius 1 is 0.613 bits per heavy atom. The molecule has 1 fully saturated rings. The van der Waals surface area contributed by atoms with Crippen LogP contribution in [0.15, 0.2) is 54.6 Å². The standard InChI is InChI=1S/C21H28B3N7/c1-13-4-7-16(10-19(13)25)22-29-23(17-8-5-14(2)20(26)11-17)31(28)24(30-22)18-9-6-15(3)21(27)12-18/h4-12,29-30H,25-28H2,1-3H3. The molecule has 1 heterocycles. The molecule has 0 spiro atoms. The maximum absolute atomic E-state index is 6.66. The average molecular weight is 411 g/mol. The summed E-state index contributed by atoms with van der Waals surface area (Å²) in [6, 6.07) is 18.2. The smallest absolute Gasteiger partial charge is 0.337 e. The van der Waals surface area contributed by atoms with Crippen molar-refractivity contribution in [3.05, 3.63) is 71.3 Å². The minimum atomic E-state index is -0.274. The minimum Gasteiger partial charge on any atom is -0.399 e. The Balaban J connectivity index is 1.77. The van der Waals surface area contributed by atoms with E-state index in [4.69, 9.17) is 23.0 Å². The molecule has 1 saturated heterocycles. The average Bonchev–Trinajstić information content (AvgIpc) is 2.74. The summed E-state index contributed by atoms with van der Waals surface area (Å²) in [5, 5.41) is 7.20. The molecule has 10 N–H and O–H groups in total. The summed E-state index contributed by atoms with van der Waals surface area (Å²) in [4.78, 5) is 1.77. The Labute approximate surface area is 184 Å². The van der Waals surface area contributed by atoms with Crippen LogP contribution in [0.2, 0.25) is 0 Å². The molecule has 31 heavy (non-hydrogen) atoms. The fraction of sp³-hybridized carbons (Fsp3) is 0.143. The molecule has 0 bridgehead atoms. The summed E-state index contributed by atoms with van der Waals surface area (Å²) in [6.45, 7) is 5.25. The van der Waals surface area contributed by atoms with Crippen LogP contribution < -0.4 is 49.7 Å². The molecule has 4 rings (SSSR count). The maximum atomic E-state index is 6.66. The quantitative estimate of drug-likeness (QED) is 0.189. The molecule has 1 aliphatic rings. The molecule has 0 aromatic heterocycles. The first-order valence-corrected chi connectivity index (χ1v) is 10.4. The molecule has 10 heteroatoms. The van der Waals surface area contributed by atoms with Crippen molar-refractivity contribution < 1.29 is 0 Å². The van der Waals surface area contributed by atoms with E-state index in [9.17, 15) is 0 Å². The second-order valence-corrected chi connectivity index (χ2v) is 8.37. The third-order valence-electron chi connectivity index (χ3n) is 6.12. The molecule has 7 nitrogen and oxygen atoms in total. The Morgan fingerprint density at radius 3 is 1.35 bits per heavy atom. The van der Waals surface area contributed by atoms with E-state index < -0.39 is 0 Å². The first-order valence-electron chi connectivity index (χ1n) is 10.4. The van der Waals surface area contributed by atoms with Crippen LogP contribution in [0.5, 0.6) is 0 Å². The van der Waals surface area contributed by atoms with Crippen molar-refractivity contribution in [2.45, 2.75) is 20.8 Å². The van der Waals surface area contributed by atoms with E-state index >= 15 is 0 Å². The summed E-state index contributed by atoms with van der Waals surface area (Å²) in [5.41, 5.74) is 26.9. The van der Waals surface area contributed by atoms with Gasteiger partial charge < -0.3 is 27.5 Å². The summed E-state index contributed by atoms with van der Waals surface area (Å²) in [7, 11) is 0. The van der Waals surface area contributed by atoms with Gasteiger partial charge in [-0.05, 0) is 72.0 Å². The predicted octanol–water partition coefficient (Wildman–Crippen LogP) is -0.787. The zero-order valence-electron chi connectivity index (χ0n) is 18.2. The fourth-order valence-electron chi connectivity index (χ4n) is 3.91. The van der Waals surface area contributed by atoms with Gasteiger partial charge in [0.15, 0.2) is 0 Å². The Kier molecular flexibility index (Phi) is 5.72. The van der Waals surface area contributed by atoms with Crippen LogP contribution in [-0.2, 0) is 0 Å². The first kappa shape index (κ1) is 21.3. The minimum absolute atomic E-state index is 0.178. The molecular formula is C21H28B3N7. The third-order valence-corrected chi connectivity index (χ3v) is 6.12. The lowest BCUT2D eigenvalue weighted by Crippen LogP contribution is -2.85. The molecule has 0 atom stereocenters. The van der Waals surface area contributed by atoms with Crippen LogP contribution in [0, 0.1) is 20.8 Å². The lowest BCUT2D eigenvalue weighted by Gasteiger charge is -2.40. The van der Waals surface area contributed by atoms with Crippen molar-refractivity contribution in [3.8, 4) is 0 Å². The number of hydrazine groups is 1. The maximum Gasteiger partial charge on any atom is 0.337 e. The monoisotopic (exact) mass is 411 g/mol. The molecular weight excluding hydrogens is 383 g/mol. The van der Waals surface area contributed by atoms with Crippen molar-refractivity contribution in [3.63, 3.8) is 0 Å². The Bertz CT molecular complexity index is 1060. The molecule has 0 unspecified atom stereocenters. The molecule has 0 amide bonds. The van der Waals surface area contributed by atoms with Gasteiger partial charge in [0.1, 0.15) is 0 Å². The number of hydrogen-bond donors (Lipinski definition) is 6. The zero-order chi connectivity index (χ0) is 22.3. The highest BCUT2D eigenvalue weighted by Crippen LogP contribution is 2.12. The number of rotatable bonds is 3. The summed E-state index contributed by atoms with van der Waals surface area (Å²) < 4.78 is 0. The fourth-order valence-corrected chi connectivity index (χ4v) is 3.91. The zero-order valence-corrected chi connectivity index (χ0v) is 18.2. The van der Waals surface area contributed by atoms with Crippen LogP contribution in [0.4, 0.5) is 17.1 Å². The summed E-state index contributed by atoms with van der Waals surface area (Å²) in [6.07, 6.45) is 0. The van der Waals surface area contributed by atoms with Crippen LogP contribution in [0.3, 0.4) is 0 Å². The number of nitrogens with two attached hydrogens (primary N) is 4. The van der Waals surface area contributed by atoms with Gasteiger partial charge in [-0.15, -0.1) is 0 Å². The number of nitrogens with one attached hydrogen (secondary N) is 2. The highest BCUT2D eigenvalue weighted by Gasteiger charge is 2.43. The molecule has 156 valence electrons. The third kappa shape index (κ3) is 4.15. The van der Waals surface area contributed by atoms with Gasteiger partial charge in [0.25, 0.3) is 0 Å². The van der Waals surface area contributed by atoms with Crippen molar-refractivity contribution in [1.82, 2.24) is 15.1 Å². The first-order chi connectivity index (χ1) is 14.7. The van der Waals surface area contributed by atoms with E-state index in [-0.39, 0.29) is 20.9 Å². The largest absolute Gasteiger partial charge is 0.399 e. The lowest BCUT2D eigenvalue weighted by atomic mass is 9.42. The van der Waals surface area contributed by atoms with Crippen LogP contribution in [-0.4, -0.2) is 25.8 Å². The number of benzene rings is 3. The summed E-state index contributed by atoms with van der Waals surface area (Å²) >= 11 is 0. The van der Waals surface area contributed by atoms with E-state index in [1.807, 2.05) is 57.2 Å². The number of anilines is 3. The molecule has 3 aromatic rings. The van der Waals surface area contributed by atoms with Gasteiger partial charge >= 0.3 is 20.9 Å². The van der Waals surface area contributed by atoms with E-state index in [2.05, 4.69) is 28.5 Å². The molecule has 0 radical (unpaired) electrons. The van der Waals surface area contributed by atoms with Crippen LogP contribution in [0.25, 0.3) is 0 Å². The van der Waals surface area contributed by atoms with Crippen molar-refractivity contribution >= 4 is 54.4 Å². The summed E-state index contributed by atoms with van der Waals surface area (Å²) in [5.74, 6) is 6.66. The molecule has 0 aliphatic carbocycles. The topological polar surface area (TPSA) is 131 Å². The van der Waals surface area contributed by atoms with Gasteiger partial charge in [-0.2, -0.15) is 0 Å². The van der Waals surface area contributed by atoms with E-state index in [1.54, 1.807) is 4.83 Å². The van der Waals surface area contributed by atoms with Gasteiger partial charge in [0.2, 0.25) is 0 Å². The van der Waals surface area contributed by atoms with Crippen molar-refractivity contribution in [1.29, 1.82) is 0 Å². The van der Waals surface area contributed by atoms with Crippen LogP contribution in [0.1, 0.15) is 16.7 Å². The highest BCUT2D eigenvalue weighted by atomic mass is 15.4. The van der Waals surface area contributed by atoms with E-state index in [0.29, 0.717) is 0 Å². The highest BCUT2D eigenvalue weighted by molar-refractivity contribution is 6.98. The van der Waals surface area contributed by atoms with Gasteiger partial charge in [0.05, 0.1) is 0 Å². The van der Waals surface area contributed by atoms with Crippen LogP contribution >= 0.6 is 0 Å². The van der Waals surface area contributed by atoms with Crippen molar-refractivity contribution in [2.24, 2.45) is 5.84 Å². The van der Waals surface area contributed by atoms with E-state index in [0.717, 1.165) is 50.1 Å². The molecule has 3 aromatic carbocycles. The van der Waals surface area contributed by atoms with E-state index in [1.165, 1.54) is 0 Å². The van der Waals surface area contributed by atoms with Gasteiger partial charge in [-0.1, -0.05) is 36.4 Å². The van der Waals surface area contributed by atoms with Gasteiger partial charge in [-0.25, -0.2) is 0 Å². The second-order valence-electron chi connectivity index (χ2n) is 8.37. The Hall–Kier alpha value is -2.91. The second kappa shape index (κ2) is 8.32. The van der Waals surface area contributed by atoms with Crippen molar-refractivity contribution in [2.75, 3.05) is 17.2 Å². The molecule has 0 saturated carbocycles. The number of nitrogens with zero attached hydrogens (tertiary/aromatic N) is 1. The lowest BCUT2D eigenvalue weighted by molar-refractivity contribution is 0.680. The van der Waals surface area contributed by atoms with Gasteiger partial charge in [0, 0.05) is 17.1 Å². The Morgan fingerprint density at radius 2 is 0.968 bits per heavy atom. The number of nitrogen functional groups attached to an aromatic ring is 3. The number of hydrogen-bond acceptors (Lipinski definition) is 7. The SMILES string of the molecule is Cc1ccc(B2NB(c3ccc(C)c(N)c3)N(N)B(c3ccc(C)c(N)c3)N2)cc1N. The van der Waals surface area contributed by atoms with Gasteiger partial charge in [-0.3, -0.25) is 10.7 Å². The predicted molar refractivity (Wildman–Crippen MR) is 135 cm³/mol. The number of aryl methyl sites for hydroxylation is 3. The normalized spacial score (nSPS) is 14.9. The molecule has 1 aliphatic heterocycles.